The number of ketones is 1. The fourth-order valence-corrected chi connectivity index (χ4v) is 4.32. The Morgan fingerprint density at radius 1 is 1.18 bits per heavy atom. The van der Waals surface area contributed by atoms with E-state index >= 15 is 0 Å². The summed E-state index contributed by atoms with van der Waals surface area (Å²) in [6.07, 6.45) is 5.36. The average Bonchev–Trinajstić information content (AvgIpc) is 3.29. The van der Waals surface area contributed by atoms with E-state index < -0.39 is 11.6 Å². The van der Waals surface area contributed by atoms with Crippen molar-refractivity contribution in [2.24, 2.45) is 0 Å². The first kappa shape index (κ1) is 23.7. The maximum atomic E-state index is 13.3. The molecule has 4 rings (SSSR count). The molecule has 0 spiro atoms. The SMILES string of the molecule is COCCC(C(=O)Cc1ccn2nccc2c1)n1cc(Cl)c(-c2cc(Cl)ccc2C#N)cc1=O. The van der Waals surface area contributed by atoms with Crippen LogP contribution in [0, 0.1) is 11.3 Å². The molecule has 0 amide bonds. The fourth-order valence-electron chi connectivity index (χ4n) is 3.89. The zero-order chi connectivity index (χ0) is 24.2. The Morgan fingerprint density at radius 2 is 2.00 bits per heavy atom. The second-order valence-electron chi connectivity index (χ2n) is 7.76. The molecule has 4 aromatic rings. The maximum Gasteiger partial charge on any atom is 0.251 e. The van der Waals surface area contributed by atoms with Gasteiger partial charge in [0.1, 0.15) is 0 Å². The zero-order valence-corrected chi connectivity index (χ0v) is 19.8. The molecule has 0 saturated carbocycles. The maximum absolute atomic E-state index is 13.3. The largest absolute Gasteiger partial charge is 0.385 e. The quantitative estimate of drug-likeness (QED) is 0.353. The number of pyridine rings is 2. The van der Waals surface area contributed by atoms with Crippen molar-refractivity contribution < 1.29 is 9.53 Å². The van der Waals surface area contributed by atoms with E-state index in [4.69, 9.17) is 27.9 Å². The van der Waals surface area contributed by atoms with Crippen LogP contribution in [0.4, 0.5) is 0 Å². The van der Waals surface area contributed by atoms with Crippen LogP contribution in [0.1, 0.15) is 23.6 Å². The van der Waals surface area contributed by atoms with Crippen molar-refractivity contribution in [3.63, 3.8) is 0 Å². The van der Waals surface area contributed by atoms with Crippen LogP contribution in [0.3, 0.4) is 0 Å². The minimum absolute atomic E-state index is 0.134. The Bertz CT molecular complexity index is 1470. The third-order valence-electron chi connectivity index (χ3n) is 5.57. The number of rotatable bonds is 8. The summed E-state index contributed by atoms with van der Waals surface area (Å²) in [4.78, 5) is 26.5. The van der Waals surface area contributed by atoms with Crippen molar-refractivity contribution in [2.75, 3.05) is 13.7 Å². The summed E-state index contributed by atoms with van der Waals surface area (Å²) in [5.41, 5.74) is 2.45. The number of carbonyl (C=O) groups excluding carboxylic acids is 1. The van der Waals surface area contributed by atoms with Crippen LogP contribution < -0.4 is 5.56 Å². The molecule has 0 fully saturated rings. The van der Waals surface area contributed by atoms with Crippen LogP contribution in [0.15, 0.2) is 65.8 Å². The van der Waals surface area contributed by atoms with E-state index in [1.165, 1.54) is 23.9 Å². The molecule has 1 atom stereocenters. The van der Waals surface area contributed by atoms with Gasteiger partial charge < -0.3 is 9.30 Å². The number of benzene rings is 1. The van der Waals surface area contributed by atoms with E-state index in [9.17, 15) is 14.9 Å². The fraction of sp³-hybridized carbons (Fsp3) is 0.200. The molecule has 0 aliphatic heterocycles. The molecule has 9 heteroatoms. The smallest absolute Gasteiger partial charge is 0.251 e. The number of nitrogens with zero attached hydrogens (tertiary/aromatic N) is 4. The molecule has 0 bridgehead atoms. The van der Waals surface area contributed by atoms with Crippen molar-refractivity contribution >= 4 is 34.5 Å². The Hall–Kier alpha value is -3.44. The van der Waals surface area contributed by atoms with Gasteiger partial charge >= 0.3 is 0 Å². The van der Waals surface area contributed by atoms with Crippen molar-refractivity contribution in [2.45, 2.75) is 18.9 Å². The predicted molar refractivity (Wildman–Crippen MR) is 130 cm³/mol. The van der Waals surface area contributed by atoms with Crippen LogP contribution in [0.5, 0.6) is 0 Å². The Kier molecular flexibility index (Phi) is 7.13. The lowest BCUT2D eigenvalue weighted by atomic mass is 9.99. The van der Waals surface area contributed by atoms with E-state index in [2.05, 4.69) is 11.2 Å². The van der Waals surface area contributed by atoms with E-state index in [1.54, 1.807) is 35.1 Å². The van der Waals surface area contributed by atoms with Crippen LogP contribution in [-0.2, 0) is 16.0 Å². The van der Waals surface area contributed by atoms with Gasteiger partial charge in [-0.1, -0.05) is 23.2 Å². The molecular weight excluding hydrogens is 475 g/mol. The van der Waals surface area contributed by atoms with Gasteiger partial charge in [0.25, 0.3) is 5.56 Å². The van der Waals surface area contributed by atoms with E-state index in [0.29, 0.717) is 28.1 Å². The number of nitriles is 1. The normalized spacial score (nSPS) is 11.9. The molecule has 172 valence electrons. The molecule has 0 N–H and O–H groups in total. The van der Waals surface area contributed by atoms with Gasteiger partial charge in [-0.15, -0.1) is 0 Å². The molecule has 3 heterocycles. The van der Waals surface area contributed by atoms with E-state index in [0.717, 1.165) is 11.1 Å². The summed E-state index contributed by atoms with van der Waals surface area (Å²) in [5.74, 6) is -0.146. The van der Waals surface area contributed by atoms with Gasteiger partial charge in [-0.2, -0.15) is 10.4 Å². The average molecular weight is 495 g/mol. The zero-order valence-electron chi connectivity index (χ0n) is 18.2. The van der Waals surface area contributed by atoms with Crippen molar-refractivity contribution in [1.82, 2.24) is 14.2 Å². The van der Waals surface area contributed by atoms with Crippen LogP contribution in [0.2, 0.25) is 10.0 Å². The standard InChI is InChI=1S/C25H20Cl2N4O3/c1-34-9-6-23(24(32)11-16-5-8-31-19(10-16)4-7-29-31)30-15-22(27)21(13-25(30)33)20-12-18(26)3-2-17(20)14-28/h2-5,7-8,10,12-13,15,23H,6,9,11H2,1H3. The minimum Gasteiger partial charge on any atom is -0.385 e. The highest BCUT2D eigenvalue weighted by atomic mass is 35.5. The number of methoxy groups -OCH3 is 1. The van der Waals surface area contributed by atoms with Crippen molar-refractivity contribution in [1.29, 1.82) is 5.26 Å². The Labute approximate surface area is 205 Å². The van der Waals surface area contributed by atoms with Gasteiger partial charge in [-0.3, -0.25) is 9.59 Å². The van der Waals surface area contributed by atoms with Crippen LogP contribution in [0.25, 0.3) is 16.6 Å². The lowest BCUT2D eigenvalue weighted by Crippen LogP contribution is -2.31. The van der Waals surface area contributed by atoms with Gasteiger partial charge in [-0.05, 0) is 48.4 Å². The summed E-state index contributed by atoms with van der Waals surface area (Å²) in [6, 6.07) is 13.0. The number of hydrogen-bond donors (Lipinski definition) is 0. The van der Waals surface area contributed by atoms with E-state index in [-0.39, 0.29) is 23.8 Å². The highest BCUT2D eigenvalue weighted by Gasteiger charge is 2.23. The number of halogens is 2. The molecule has 0 saturated heterocycles. The summed E-state index contributed by atoms with van der Waals surface area (Å²) in [7, 11) is 1.54. The molecule has 34 heavy (non-hydrogen) atoms. The lowest BCUT2D eigenvalue weighted by Gasteiger charge is -2.20. The lowest BCUT2D eigenvalue weighted by molar-refractivity contribution is -0.122. The molecule has 0 radical (unpaired) electrons. The number of fused-ring (bicyclic) bond motifs is 1. The number of ether oxygens (including phenoxy) is 1. The van der Waals surface area contributed by atoms with Gasteiger partial charge in [0, 0.05) is 60.9 Å². The van der Waals surface area contributed by atoms with Crippen LogP contribution >= 0.6 is 23.2 Å². The number of aromatic nitrogens is 3. The molecule has 1 unspecified atom stereocenters. The topological polar surface area (TPSA) is 89.4 Å². The first-order valence-corrected chi connectivity index (χ1v) is 11.2. The summed E-state index contributed by atoms with van der Waals surface area (Å²) in [6.45, 7) is 0.288. The third-order valence-corrected chi connectivity index (χ3v) is 6.11. The number of carbonyl (C=O) groups is 1. The second kappa shape index (κ2) is 10.2. The summed E-state index contributed by atoms with van der Waals surface area (Å²) >= 11 is 12.7. The molecule has 7 nitrogen and oxygen atoms in total. The van der Waals surface area contributed by atoms with Gasteiger partial charge in [-0.25, -0.2) is 4.52 Å². The first-order chi connectivity index (χ1) is 16.4. The predicted octanol–water partition coefficient (Wildman–Crippen LogP) is 4.73. The Morgan fingerprint density at radius 3 is 2.76 bits per heavy atom. The van der Waals surface area contributed by atoms with Gasteiger partial charge in [0.05, 0.1) is 28.2 Å². The number of Topliss-reactive ketones (excluding diaryl/α,β-unsaturated/α-hetero) is 1. The van der Waals surface area contributed by atoms with Gasteiger partial charge in [0.2, 0.25) is 0 Å². The highest BCUT2D eigenvalue weighted by Crippen LogP contribution is 2.32. The Balaban J connectivity index is 1.70. The first-order valence-electron chi connectivity index (χ1n) is 10.5. The highest BCUT2D eigenvalue weighted by molar-refractivity contribution is 6.33. The molecule has 0 aliphatic rings. The van der Waals surface area contributed by atoms with E-state index in [1.807, 2.05) is 18.2 Å². The van der Waals surface area contributed by atoms with Crippen molar-refractivity contribution in [3.05, 3.63) is 92.6 Å². The molecule has 3 aromatic heterocycles. The molecular formula is C25H20Cl2N4O3. The van der Waals surface area contributed by atoms with Crippen molar-refractivity contribution in [3.8, 4) is 17.2 Å². The minimum atomic E-state index is -0.769. The molecule has 0 aliphatic carbocycles. The summed E-state index contributed by atoms with van der Waals surface area (Å²) < 4.78 is 8.23. The van der Waals surface area contributed by atoms with Crippen LogP contribution in [-0.4, -0.2) is 33.7 Å². The molecule has 1 aromatic carbocycles. The summed E-state index contributed by atoms with van der Waals surface area (Å²) in [5, 5.41) is 14.3. The third kappa shape index (κ3) is 4.90. The monoisotopic (exact) mass is 494 g/mol. The second-order valence-corrected chi connectivity index (χ2v) is 8.60. The number of hydrogen-bond acceptors (Lipinski definition) is 5. The van der Waals surface area contributed by atoms with Gasteiger partial charge in [0.15, 0.2) is 5.78 Å².